The maximum absolute atomic E-state index is 12.0. The van der Waals surface area contributed by atoms with Crippen molar-refractivity contribution in [3.05, 3.63) is 12.2 Å². The number of aliphatic hydroxyl groups is 2. The molecule has 6 heteroatoms. The molecule has 0 saturated heterocycles. The number of hydrogen-bond donors (Lipinski definition) is 2. The van der Waals surface area contributed by atoms with Crippen LogP contribution in [-0.2, 0) is 4.57 Å². The van der Waals surface area contributed by atoms with Crippen LogP contribution >= 0.6 is 8.03 Å². The monoisotopic (exact) mass is 460 g/mol. The summed E-state index contributed by atoms with van der Waals surface area (Å²) in [6.45, 7) is 4.47. The highest BCUT2D eigenvalue weighted by Gasteiger charge is 2.51. The summed E-state index contributed by atoms with van der Waals surface area (Å²) in [5.74, 6) is 0. The largest absolute Gasteiger partial charge is 0.590 e. The summed E-state index contributed by atoms with van der Waals surface area (Å²) >= 11 is 0. The van der Waals surface area contributed by atoms with Gasteiger partial charge in [0, 0.05) is 19.8 Å². The predicted molar refractivity (Wildman–Crippen MR) is 130 cm³/mol. The molecule has 0 rings (SSSR count). The van der Waals surface area contributed by atoms with Crippen molar-refractivity contribution in [3.8, 4) is 0 Å². The zero-order valence-electron chi connectivity index (χ0n) is 20.9. The van der Waals surface area contributed by atoms with Gasteiger partial charge in [0.2, 0.25) is 0 Å². The van der Waals surface area contributed by atoms with Crippen LogP contribution in [0.4, 0.5) is 0 Å². The average Bonchev–Trinajstić information content (AvgIpc) is 2.71. The molecule has 31 heavy (non-hydrogen) atoms. The van der Waals surface area contributed by atoms with E-state index in [0.717, 1.165) is 19.3 Å². The first-order valence-corrected chi connectivity index (χ1v) is 13.8. The zero-order valence-corrected chi connectivity index (χ0v) is 21.8. The van der Waals surface area contributed by atoms with Gasteiger partial charge in [0.1, 0.15) is 0 Å². The molecule has 0 aliphatic heterocycles. The van der Waals surface area contributed by atoms with Gasteiger partial charge in [0.25, 0.3) is 5.28 Å². The van der Waals surface area contributed by atoms with E-state index in [-0.39, 0.29) is 10.9 Å². The molecule has 5 nitrogen and oxygen atoms in total. The SMILES string of the molecule is CCCCCCCCC=CCCCCCCCCC(C)([P+](=O)[O-])[N+](C)(C)CCC(O)O. The van der Waals surface area contributed by atoms with Crippen LogP contribution in [0.3, 0.4) is 0 Å². The van der Waals surface area contributed by atoms with Crippen LogP contribution in [0.5, 0.6) is 0 Å². The molecule has 0 aromatic heterocycles. The normalized spacial score (nSPS) is 15.0. The van der Waals surface area contributed by atoms with E-state index in [1.807, 2.05) is 14.1 Å². The summed E-state index contributed by atoms with van der Waals surface area (Å²) in [6, 6.07) is 0. The maximum atomic E-state index is 12.0. The summed E-state index contributed by atoms with van der Waals surface area (Å²) < 4.78 is 12.3. The molecule has 0 fully saturated rings. The predicted octanol–water partition coefficient (Wildman–Crippen LogP) is 6.01. The fourth-order valence-electron chi connectivity index (χ4n) is 4.00. The Hall–Kier alpha value is -0.320. The van der Waals surface area contributed by atoms with Gasteiger partial charge < -0.3 is 15.1 Å². The molecule has 0 amide bonds. The van der Waals surface area contributed by atoms with Gasteiger partial charge in [-0.05, 0) is 32.1 Å². The minimum atomic E-state index is -2.61. The van der Waals surface area contributed by atoms with Crippen LogP contribution < -0.4 is 4.89 Å². The topological polar surface area (TPSA) is 80.6 Å². The summed E-state index contributed by atoms with van der Waals surface area (Å²) in [7, 11) is 1.13. The van der Waals surface area contributed by atoms with Crippen LogP contribution in [0, 0.1) is 0 Å². The van der Waals surface area contributed by atoms with E-state index < -0.39 is 19.6 Å². The summed E-state index contributed by atoms with van der Waals surface area (Å²) in [4.78, 5) is 12.0. The van der Waals surface area contributed by atoms with Gasteiger partial charge in [-0.25, -0.2) is 0 Å². The minimum Gasteiger partial charge on any atom is -0.590 e. The van der Waals surface area contributed by atoms with Gasteiger partial charge in [0.15, 0.2) is 6.29 Å². The van der Waals surface area contributed by atoms with Crippen molar-refractivity contribution in [1.82, 2.24) is 0 Å². The van der Waals surface area contributed by atoms with E-state index in [4.69, 9.17) is 10.2 Å². The Bertz CT molecular complexity index is 482. The number of allylic oxidation sites excluding steroid dienone is 2. The van der Waals surface area contributed by atoms with Crippen LogP contribution in [0.25, 0.3) is 0 Å². The second-order valence-corrected chi connectivity index (χ2v) is 11.3. The Kier molecular flexibility index (Phi) is 18.0. The van der Waals surface area contributed by atoms with E-state index in [0.29, 0.717) is 13.0 Å². The standard InChI is InChI=1S/C25H51NO4P/c1-5-6-7-8-9-10-11-12-13-14-15-16-17-18-19-20-22-25(2,31(29)30)26(3,4)23-21-24(27)28/h12-13,24,27-28H,5-11,14-23H2,1-4H3/q+1. The Labute approximate surface area is 193 Å². The molecule has 0 spiro atoms. The highest BCUT2D eigenvalue weighted by molar-refractivity contribution is 7.38. The van der Waals surface area contributed by atoms with Crippen molar-refractivity contribution < 1.29 is 24.2 Å². The van der Waals surface area contributed by atoms with Crippen molar-refractivity contribution in [2.45, 2.75) is 128 Å². The molecule has 0 saturated carbocycles. The lowest BCUT2D eigenvalue weighted by molar-refractivity contribution is -0.927. The highest BCUT2D eigenvalue weighted by Crippen LogP contribution is 2.43. The molecule has 2 unspecified atom stereocenters. The van der Waals surface area contributed by atoms with Crippen molar-refractivity contribution in [2.24, 2.45) is 0 Å². The fourth-order valence-corrected chi connectivity index (χ4v) is 4.88. The lowest BCUT2D eigenvalue weighted by Gasteiger charge is -2.40. The first-order valence-electron chi connectivity index (χ1n) is 12.7. The molecule has 0 heterocycles. The smallest absolute Gasteiger partial charge is 0.376 e. The summed E-state index contributed by atoms with van der Waals surface area (Å²) in [5, 5.41) is 17.4. The van der Waals surface area contributed by atoms with Crippen LogP contribution in [0.15, 0.2) is 12.2 Å². The van der Waals surface area contributed by atoms with Gasteiger partial charge in [-0.2, -0.15) is 0 Å². The third-order valence-electron chi connectivity index (χ3n) is 6.81. The molecule has 2 N–H and O–H groups in total. The lowest BCUT2D eigenvalue weighted by atomic mass is 10.0. The molecule has 0 aromatic rings. The molecule has 0 radical (unpaired) electrons. The van der Waals surface area contributed by atoms with Gasteiger partial charge in [-0.15, -0.1) is 0 Å². The Morgan fingerprint density at radius 1 is 0.871 bits per heavy atom. The minimum absolute atomic E-state index is 0.180. The molecule has 2 atom stereocenters. The molecule has 0 aromatic carbocycles. The van der Waals surface area contributed by atoms with E-state index in [1.165, 1.54) is 70.6 Å². The van der Waals surface area contributed by atoms with Crippen molar-refractivity contribution in [3.63, 3.8) is 0 Å². The van der Waals surface area contributed by atoms with Gasteiger partial charge in [-0.1, -0.05) is 81.4 Å². The lowest BCUT2D eigenvalue weighted by Crippen LogP contribution is -2.57. The van der Waals surface area contributed by atoms with E-state index in [2.05, 4.69) is 19.1 Å². The van der Waals surface area contributed by atoms with E-state index >= 15 is 0 Å². The number of unbranched alkanes of at least 4 members (excludes halogenated alkanes) is 12. The van der Waals surface area contributed by atoms with E-state index in [9.17, 15) is 9.46 Å². The first-order chi connectivity index (χ1) is 14.7. The van der Waals surface area contributed by atoms with Crippen molar-refractivity contribution in [2.75, 3.05) is 20.6 Å². The van der Waals surface area contributed by atoms with Crippen LogP contribution in [-0.4, -0.2) is 46.9 Å². The average molecular weight is 461 g/mol. The zero-order chi connectivity index (χ0) is 23.6. The molecule has 0 aliphatic rings. The van der Waals surface area contributed by atoms with Gasteiger partial charge in [-0.3, -0.25) is 4.48 Å². The Balaban J connectivity index is 3.85. The maximum Gasteiger partial charge on any atom is 0.376 e. The van der Waals surface area contributed by atoms with Gasteiger partial charge >= 0.3 is 8.03 Å². The Morgan fingerprint density at radius 2 is 1.32 bits per heavy atom. The molecular weight excluding hydrogens is 409 g/mol. The molecule has 184 valence electrons. The van der Waals surface area contributed by atoms with Gasteiger partial charge in [0.05, 0.1) is 20.6 Å². The third-order valence-corrected chi connectivity index (χ3v) is 8.36. The molecular formula is C25H51NO4P+. The number of rotatable bonds is 21. The molecule has 0 aliphatic carbocycles. The van der Waals surface area contributed by atoms with Crippen LogP contribution in [0.2, 0.25) is 0 Å². The number of nitrogens with zero attached hydrogens (tertiary/aromatic N) is 1. The number of aliphatic hydroxyl groups excluding tert-OH is 1. The summed E-state index contributed by atoms with van der Waals surface area (Å²) in [6.07, 6.45) is 21.4. The quantitative estimate of drug-likeness (QED) is 0.0722. The molecule has 0 bridgehead atoms. The Morgan fingerprint density at radius 3 is 1.77 bits per heavy atom. The number of hydrogen-bond acceptors (Lipinski definition) is 4. The van der Waals surface area contributed by atoms with Crippen molar-refractivity contribution >= 4 is 8.03 Å². The number of quaternary nitrogens is 1. The first kappa shape index (κ1) is 30.7. The second-order valence-electron chi connectivity index (χ2n) is 9.84. The highest BCUT2D eigenvalue weighted by atomic mass is 31.1. The fraction of sp³-hybridized carbons (Fsp3) is 0.920. The third kappa shape index (κ3) is 14.4. The van der Waals surface area contributed by atoms with E-state index in [1.54, 1.807) is 6.92 Å². The second kappa shape index (κ2) is 18.1. The summed E-state index contributed by atoms with van der Waals surface area (Å²) in [5.41, 5.74) is 0. The van der Waals surface area contributed by atoms with Crippen molar-refractivity contribution in [1.29, 1.82) is 0 Å². The van der Waals surface area contributed by atoms with Crippen LogP contribution in [0.1, 0.15) is 117 Å².